The van der Waals surface area contributed by atoms with Crippen LogP contribution in [0.3, 0.4) is 0 Å². The van der Waals surface area contributed by atoms with Gasteiger partial charge in [-0.1, -0.05) is 6.42 Å². The van der Waals surface area contributed by atoms with Crippen LogP contribution < -0.4 is 9.47 Å². The lowest BCUT2D eigenvalue weighted by Gasteiger charge is -2.40. The van der Waals surface area contributed by atoms with E-state index in [1.54, 1.807) is 14.2 Å². The summed E-state index contributed by atoms with van der Waals surface area (Å²) in [6.07, 6.45) is 6.06. The van der Waals surface area contributed by atoms with E-state index in [-0.39, 0.29) is 5.91 Å². The zero-order valence-electron chi connectivity index (χ0n) is 18.0. The number of aromatic nitrogens is 1. The first-order valence-corrected chi connectivity index (χ1v) is 10.9. The van der Waals surface area contributed by atoms with Crippen molar-refractivity contribution in [2.24, 2.45) is 0 Å². The molecule has 2 saturated heterocycles. The van der Waals surface area contributed by atoms with Gasteiger partial charge in [0, 0.05) is 24.7 Å². The van der Waals surface area contributed by atoms with E-state index in [0.29, 0.717) is 17.5 Å². The number of hydrogen-bond donors (Lipinski definition) is 0. The van der Waals surface area contributed by atoms with Gasteiger partial charge in [0.2, 0.25) is 5.88 Å². The third kappa shape index (κ3) is 4.43. The van der Waals surface area contributed by atoms with Gasteiger partial charge in [-0.25, -0.2) is 4.98 Å². The predicted octanol–water partition coefficient (Wildman–Crippen LogP) is 3.86. The normalized spacial score (nSPS) is 18.3. The first kappa shape index (κ1) is 20.7. The minimum absolute atomic E-state index is 0.0118. The summed E-state index contributed by atoms with van der Waals surface area (Å²) in [5.41, 5.74) is 2.26. The molecule has 0 atom stereocenters. The fraction of sp³-hybridized carbons (Fsp3) is 0.500. The number of nitrogens with zero attached hydrogens (tertiary/aromatic N) is 3. The van der Waals surface area contributed by atoms with Crippen LogP contribution in [0.5, 0.6) is 11.6 Å². The van der Waals surface area contributed by atoms with E-state index in [1.807, 2.05) is 41.3 Å². The van der Waals surface area contributed by atoms with Crippen LogP contribution in [0, 0.1) is 0 Å². The Kier molecular flexibility index (Phi) is 6.53. The second-order valence-electron chi connectivity index (χ2n) is 8.10. The third-order valence-corrected chi connectivity index (χ3v) is 6.33. The van der Waals surface area contributed by atoms with Crippen molar-refractivity contribution in [3.8, 4) is 22.9 Å². The van der Waals surface area contributed by atoms with E-state index in [4.69, 9.17) is 9.47 Å². The average molecular weight is 410 g/mol. The van der Waals surface area contributed by atoms with Crippen molar-refractivity contribution >= 4 is 5.91 Å². The number of pyridine rings is 1. The molecular weight excluding hydrogens is 378 g/mol. The second-order valence-corrected chi connectivity index (χ2v) is 8.10. The van der Waals surface area contributed by atoms with Gasteiger partial charge in [-0.15, -0.1) is 0 Å². The first-order valence-electron chi connectivity index (χ1n) is 10.9. The molecule has 1 amide bonds. The molecule has 0 radical (unpaired) electrons. The minimum atomic E-state index is 0.0118. The molecule has 3 heterocycles. The van der Waals surface area contributed by atoms with Crippen LogP contribution in [-0.4, -0.2) is 67.1 Å². The molecule has 4 rings (SSSR count). The molecule has 0 unspecified atom stereocenters. The molecule has 2 aliphatic rings. The van der Waals surface area contributed by atoms with E-state index in [0.717, 1.165) is 42.9 Å². The van der Waals surface area contributed by atoms with Crippen molar-refractivity contribution in [1.29, 1.82) is 0 Å². The fourth-order valence-electron chi connectivity index (χ4n) is 4.57. The molecule has 2 fully saturated rings. The summed E-state index contributed by atoms with van der Waals surface area (Å²) in [5.74, 6) is 1.19. The van der Waals surface area contributed by atoms with Crippen molar-refractivity contribution in [1.82, 2.24) is 14.8 Å². The number of methoxy groups -OCH3 is 2. The highest BCUT2D eigenvalue weighted by atomic mass is 16.5. The number of likely N-dealkylation sites (tertiary alicyclic amines) is 2. The maximum Gasteiger partial charge on any atom is 0.259 e. The highest BCUT2D eigenvalue weighted by Gasteiger charge is 2.29. The summed E-state index contributed by atoms with van der Waals surface area (Å²) < 4.78 is 10.7. The molecule has 0 N–H and O–H groups in total. The standard InChI is InChI=1S/C24H31N3O3/c1-29-20-8-6-18(7-9-20)22-11-10-21(23(25-22)30-2)24(28)27-16-12-19(13-17-27)26-14-4-3-5-15-26/h6-11,19H,3-5,12-17H2,1-2H3. The maximum absolute atomic E-state index is 13.2. The molecule has 6 heteroatoms. The Balaban J connectivity index is 1.44. The van der Waals surface area contributed by atoms with Gasteiger partial charge in [0.05, 0.1) is 19.9 Å². The molecule has 2 aromatic rings. The third-order valence-electron chi connectivity index (χ3n) is 6.33. The number of rotatable bonds is 5. The summed E-state index contributed by atoms with van der Waals surface area (Å²) in [6, 6.07) is 12.0. The van der Waals surface area contributed by atoms with Gasteiger partial charge >= 0.3 is 0 Å². The smallest absolute Gasteiger partial charge is 0.259 e. The van der Waals surface area contributed by atoms with Gasteiger partial charge in [-0.2, -0.15) is 0 Å². The maximum atomic E-state index is 13.2. The molecule has 30 heavy (non-hydrogen) atoms. The van der Waals surface area contributed by atoms with Crippen molar-refractivity contribution in [2.75, 3.05) is 40.4 Å². The zero-order valence-corrected chi connectivity index (χ0v) is 18.0. The molecule has 2 aliphatic heterocycles. The van der Waals surface area contributed by atoms with E-state index >= 15 is 0 Å². The number of carbonyl (C=O) groups is 1. The Morgan fingerprint density at radius 2 is 1.60 bits per heavy atom. The molecule has 0 spiro atoms. The van der Waals surface area contributed by atoms with Gasteiger partial charge in [0.15, 0.2) is 0 Å². The molecule has 1 aromatic carbocycles. The first-order chi connectivity index (χ1) is 14.7. The lowest BCUT2D eigenvalue weighted by molar-refractivity contribution is 0.0586. The summed E-state index contributed by atoms with van der Waals surface area (Å²) in [6.45, 7) is 4.01. The Hall–Kier alpha value is -2.60. The molecule has 1 aromatic heterocycles. The number of hydrogen-bond acceptors (Lipinski definition) is 5. The summed E-state index contributed by atoms with van der Waals surface area (Å²) >= 11 is 0. The van der Waals surface area contributed by atoms with Crippen molar-refractivity contribution < 1.29 is 14.3 Å². The fourth-order valence-corrected chi connectivity index (χ4v) is 4.57. The van der Waals surface area contributed by atoms with Crippen molar-refractivity contribution in [3.63, 3.8) is 0 Å². The highest BCUT2D eigenvalue weighted by molar-refractivity contribution is 5.96. The molecule has 0 aliphatic carbocycles. The SMILES string of the molecule is COc1ccc(-c2ccc(C(=O)N3CCC(N4CCCCC4)CC3)c(OC)n2)cc1. The van der Waals surface area contributed by atoms with Gasteiger partial charge in [-0.3, -0.25) is 4.79 Å². The quantitative estimate of drug-likeness (QED) is 0.751. The van der Waals surface area contributed by atoms with Crippen LogP contribution in [0.4, 0.5) is 0 Å². The van der Waals surface area contributed by atoms with Gasteiger partial charge in [0.1, 0.15) is 11.3 Å². The molecule has 0 saturated carbocycles. The van der Waals surface area contributed by atoms with Gasteiger partial charge in [0.25, 0.3) is 5.91 Å². The van der Waals surface area contributed by atoms with Crippen LogP contribution in [0.15, 0.2) is 36.4 Å². The number of carbonyl (C=O) groups excluding carboxylic acids is 1. The van der Waals surface area contributed by atoms with Crippen molar-refractivity contribution in [2.45, 2.75) is 38.1 Å². The van der Waals surface area contributed by atoms with Crippen LogP contribution in [0.2, 0.25) is 0 Å². The Morgan fingerprint density at radius 1 is 0.900 bits per heavy atom. The molecule has 160 valence electrons. The van der Waals surface area contributed by atoms with E-state index in [1.165, 1.54) is 32.4 Å². The summed E-state index contributed by atoms with van der Waals surface area (Å²) in [7, 11) is 3.21. The van der Waals surface area contributed by atoms with Crippen LogP contribution in [0.25, 0.3) is 11.3 Å². The summed E-state index contributed by atoms with van der Waals surface area (Å²) in [4.78, 5) is 22.3. The predicted molar refractivity (Wildman–Crippen MR) is 117 cm³/mol. The molecular formula is C24H31N3O3. The van der Waals surface area contributed by atoms with Crippen LogP contribution in [-0.2, 0) is 0 Å². The molecule has 6 nitrogen and oxygen atoms in total. The second kappa shape index (κ2) is 9.47. The Labute approximate surface area is 178 Å². The van der Waals surface area contributed by atoms with Crippen molar-refractivity contribution in [3.05, 3.63) is 42.0 Å². The van der Waals surface area contributed by atoms with E-state index in [9.17, 15) is 4.79 Å². The topological polar surface area (TPSA) is 54.9 Å². The lowest BCUT2D eigenvalue weighted by atomic mass is 9.99. The number of amides is 1. The number of piperidine rings is 2. The van der Waals surface area contributed by atoms with Crippen LogP contribution >= 0.6 is 0 Å². The number of benzene rings is 1. The van der Waals surface area contributed by atoms with Gasteiger partial charge < -0.3 is 19.3 Å². The largest absolute Gasteiger partial charge is 0.497 e. The van der Waals surface area contributed by atoms with Crippen LogP contribution in [0.1, 0.15) is 42.5 Å². The van der Waals surface area contributed by atoms with E-state index in [2.05, 4.69) is 9.88 Å². The highest BCUT2D eigenvalue weighted by Crippen LogP contribution is 2.27. The zero-order chi connectivity index (χ0) is 20.9. The Bertz CT molecular complexity index is 854. The monoisotopic (exact) mass is 409 g/mol. The molecule has 0 bridgehead atoms. The average Bonchev–Trinajstić information content (AvgIpc) is 2.84. The number of ether oxygens (including phenoxy) is 2. The Morgan fingerprint density at radius 3 is 2.23 bits per heavy atom. The summed E-state index contributed by atoms with van der Waals surface area (Å²) in [5, 5.41) is 0. The minimum Gasteiger partial charge on any atom is -0.497 e. The van der Waals surface area contributed by atoms with E-state index < -0.39 is 0 Å². The lowest BCUT2D eigenvalue weighted by Crippen LogP contribution is -2.48. The van der Waals surface area contributed by atoms with Gasteiger partial charge in [-0.05, 0) is 75.2 Å².